The van der Waals surface area contributed by atoms with Crippen LogP contribution in [0.25, 0.3) is 0 Å². The van der Waals surface area contributed by atoms with Gasteiger partial charge in [-0.05, 0) is 39.3 Å². The zero-order valence-electron chi connectivity index (χ0n) is 11.4. The van der Waals surface area contributed by atoms with Crippen molar-refractivity contribution in [1.29, 1.82) is 0 Å². The Morgan fingerprint density at radius 1 is 1.28 bits per heavy atom. The van der Waals surface area contributed by atoms with Gasteiger partial charge in [-0.15, -0.1) is 0 Å². The number of carbonyl (C=O) groups excluding carboxylic acids is 1. The molecule has 1 aliphatic rings. The van der Waals surface area contributed by atoms with Crippen molar-refractivity contribution >= 4 is 5.91 Å². The Bertz CT molecular complexity index is 408. The van der Waals surface area contributed by atoms with E-state index in [-0.39, 0.29) is 17.5 Å². The topological polar surface area (TPSA) is 32.3 Å². The van der Waals surface area contributed by atoms with Gasteiger partial charge in [-0.25, -0.2) is 0 Å². The van der Waals surface area contributed by atoms with Crippen LogP contribution in [0, 0.1) is 0 Å². The van der Waals surface area contributed by atoms with Crippen LogP contribution in [0.15, 0.2) is 30.3 Å². The van der Waals surface area contributed by atoms with E-state index in [4.69, 9.17) is 0 Å². The Balaban J connectivity index is 1.91. The molecule has 1 aromatic carbocycles. The maximum absolute atomic E-state index is 12.0. The number of carbonyl (C=O) groups is 1. The van der Waals surface area contributed by atoms with Crippen molar-refractivity contribution in [2.75, 3.05) is 13.1 Å². The second-order valence-corrected chi connectivity index (χ2v) is 5.94. The summed E-state index contributed by atoms with van der Waals surface area (Å²) in [6, 6.07) is 9.69. The number of amides is 1. The van der Waals surface area contributed by atoms with Crippen LogP contribution < -0.4 is 5.32 Å². The van der Waals surface area contributed by atoms with Crippen molar-refractivity contribution in [3.63, 3.8) is 0 Å². The molecule has 0 aliphatic carbocycles. The molecule has 0 radical (unpaired) electrons. The average Bonchev–Trinajstić information content (AvgIpc) is 2.78. The maximum atomic E-state index is 12.0. The minimum Gasteiger partial charge on any atom is -0.348 e. The van der Waals surface area contributed by atoms with Crippen molar-refractivity contribution < 1.29 is 4.79 Å². The lowest BCUT2D eigenvalue weighted by Gasteiger charge is -2.31. The van der Waals surface area contributed by atoms with Crippen LogP contribution in [0.5, 0.6) is 0 Å². The molecule has 1 fully saturated rings. The lowest BCUT2D eigenvalue weighted by atomic mass is 10.1. The summed E-state index contributed by atoms with van der Waals surface area (Å²) >= 11 is 0. The third kappa shape index (κ3) is 3.10. The number of rotatable bonds is 2. The van der Waals surface area contributed by atoms with Gasteiger partial charge in [-0.1, -0.05) is 18.2 Å². The third-order valence-corrected chi connectivity index (χ3v) is 3.51. The van der Waals surface area contributed by atoms with Crippen molar-refractivity contribution in [2.45, 2.75) is 38.8 Å². The first-order chi connectivity index (χ1) is 8.47. The number of likely N-dealkylation sites (tertiary alicyclic amines) is 1. The zero-order chi connectivity index (χ0) is 13.2. The number of hydrogen-bond acceptors (Lipinski definition) is 2. The van der Waals surface area contributed by atoms with Gasteiger partial charge in [0.25, 0.3) is 5.91 Å². The van der Waals surface area contributed by atoms with Gasteiger partial charge in [0.05, 0.1) is 0 Å². The summed E-state index contributed by atoms with van der Waals surface area (Å²) in [5.41, 5.74) is 0.929. The SMILES string of the molecule is CC(C)(C)N1CC[C@@H](NC(=O)c2ccccc2)C1. The molecule has 1 N–H and O–H groups in total. The molecule has 18 heavy (non-hydrogen) atoms. The Morgan fingerprint density at radius 3 is 2.50 bits per heavy atom. The molecule has 98 valence electrons. The van der Waals surface area contributed by atoms with Crippen LogP contribution in [-0.4, -0.2) is 35.5 Å². The molecule has 1 heterocycles. The van der Waals surface area contributed by atoms with E-state index in [2.05, 4.69) is 31.0 Å². The normalized spacial score (nSPS) is 20.9. The highest BCUT2D eigenvalue weighted by Crippen LogP contribution is 2.20. The lowest BCUT2D eigenvalue weighted by molar-refractivity contribution is 0.0932. The van der Waals surface area contributed by atoms with Gasteiger partial charge in [0.15, 0.2) is 0 Å². The van der Waals surface area contributed by atoms with Gasteiger partial charge in [-0.3, -0.25) is 9.69 Å². The molecule has 0 aromatic heterocycles. The summed E-state index contributed by atoms with van der Waals surface area (Å²) in [6.07, 6.45) is 1.04. The van der Waals surface area contributed by atoms with Crippen molar-refractivity contribution in [3.05, 3.63) is 35.9 Å². The van der Waals surface area contributed by atoms with Crippen molar-refractivity contribution in [3.8, 4) is 0 Å². The van der Waals surface area contributed by atoms with Gasteiger partial charge in [0, 0.05) is 30.2 Å². The fraction of sp³-hybridized carbons (Fsp3) is 0.533. The van der Waals surface area contributed by atoms with Crippen LogP contribution >= 0.6 is 0 Å². The number of benzene rings is 1. The number of nitrogens with one attached hydrogen (secondary N) is 1. The maximum Gasteiger partial charge on any atom is 0.251 e. The summed E-state index contributed by atoms with van der Waals surface area (Å²) in [4.78, 5) is 14.4. The molecule has 0 spiro atoms. The van der Waals surface area contributed by atoms with Crippen LogP contribution in [0.1, 0.15) is 37.6 Å². The molecule has 0 bridgehead atoms. The molecule has 3 nitrogen and oxygen atoms in total. The van der Waals surface area contributed by atoms with Crippen LogP contribution in [-0.2, 0) is 0 Å². The van der Waals surface area contributed by atoms with Crippen LogP contribution in [0.3, 0.4) is 0 Å². The summed E-state index contributed by atoms with van der Waals surface area (Å²) in [6.45, 7) is 8.66. The molecular formula is C15H22N2O. The molecule has 1 atom stereocenters. The van der Waals surface area contributed by atoms with E-state index in [9.17, 15) is 4.79 Å². The molecule has 0 unspecified atom stereocenters. The van der Waals surface area contributed by atoms with Crippen LogP contribution in [0.2, 0.25) is 0 Å². The van der Waals surface area contributed by atoms with E-state index in [1.54, 1.807) is 0 Å². The minimum absolute atomic E-state index is 0.0383. The molecule has 1 saturated heterocycles. The molecule has 2 rings (SSSR count). The van der Waals surface area contributed by atoms with E-state index in [1.165, 1.54) is 0 Å². The second kappa shape index (κ2) is 5.11. The van der Waals surface area contributed by atoms with Gasteiger partial charge in [-0.2, -0.15) is 0 Å². The van der Waals surface area contributed by atoms with E-state index in [0.717, 1.165) is 25.1 Å². The predicted octanol–water partition coefficient (Wildman–Crippen LogP) is 2.29. The van der Waals surface area contributed by atoms with Gasteiger partial charge < -0.3 is 5.32 Å². The monoisotopic (exact) mass is 246 g/mol. The highest BCUT2D eigenvalue weighted by atomic mass is 16.1. The molecular weight excluding hydrogens is 224 g/mol. The minimum atomic E-state index is 0.0383. The molecule has 1 aliphatic heterocycles. The van der Waals surface area contributed by atoms with Crippen LogP contribution in [0.4, 0.5) is 0 Å². The summed E-state index contributed by atoms with van der Waals surface area (Å²) in [5.74, 6) is 0.0383. The standard InChI is InChI=1S/C15H22N2O/c1-15(2,3)17-10-9-13(11-17)16-14(18)12-7-5-4-6-8-12/h4-8,13H,9-11H2,1-3H3,(H,16,18)/t13-/m1/s1. The molecule has 0 saturated carbocycles. The molecule has 1 aromatic rings. The Labute approximate surface area is 109 Å². The van der Waals surface area contributed by atoms with Crippen molar-refractivity contribution in [1.82, 2.24) is 10.2 Å². The fourth-order valence-electron chi connectivity index (χ4n) is 2.35. The lowest BCUT2D eigenvalue weighted by Crippen LogP contribution is -2.43. The van der Waals surface area contributed by atoms with E-state index >= 15 is 0 Å². The highest BCUT2D eigenvalue weighted by Gasteiger charge is 2.30. The first-order valence-electron chi connectivity index (χ1n) is 6.58. The quantitative estimate of drug-likeness (QED) is 0.868. The fourth-order valence-corrected chi connectivity index (χ4v) is 2.35. The smallest absolute Gasteiger partial charge is 0.251 e. The number of hydrogen-bond donors (Lipinski definition) is 1. The number of nitrogens with zero attached hydrogens (tertiary/aromatic N) is 1. The van der Waals surface area contributed by atoms with E-state index in [1.807, 2.05) is 30.3 Å². The Morgan fingerprint density at radius 2 is 1.94 bits per heavy atom. The average molecular weight is 246 g/mol. The Hall–Kier alpha value is -1.35. The molecule has 3 heteroatoms. The second-order valence-electron chi connectivity index (χ2n) is 5.94. The van der Waals surface area contributed by atoms with Gasteiger partial charge in [0.2, 0.25) is 0 Å². The van der Waals surface area contributed by atoms with Crippen molar-refractivity contribution in [2.24, 2.45) is 0 Å². The zero-order valence-corrected chi connectivity index (χ0v) is 11.4. The van der Waals surface area contributed by atoms with Gasteiger partial charge >= 0.3 is 0 Å². The highest BCUT2D eigenvalue weighted by molar-refractivity contribution is 5.94. The summed E-state index contributed by atoms with van der Waals surface area (Å²) < 4.78 is 0. The molecule has 1 amide bonds. The first-order valence-corrected chi connectivity index (χ1v) is 6.58. The van der Waals surface area contributed by atoms with E-state index < -0.39 is 0 Å². The largest absolute Gasteiger partial charge is 0.348 e. The first kappa shape index (κ1) is 13.1. The van der Waals surface area contributed by atoms with Gasteiger partial charge in [0.1, 0.15) is 0 Å². The predicted molar refractivity (Wildman–Crippen MR) is 73.6 cm³/mol. The Kier molecular flexibility index (Phi) is 3.71. The summed E-state index contributed by atoms with van der Waals surface area (Å²) in [5, 5.41) is 3.12. The summed E-state index contributed by atoms with van der Waals surface area (Å²) in [7, 11) is 0. The van der Waals surface area contributed by atoms with E-state index in [0.29, 0.717) is 0 Å². The third-order valence-electron chi connectivity index (χ3n) is 3.51.